The lowest BCUT2D eigenvalue weighted by molar-refractivity contribution is -0.114. The number of rotatable bonds is 2. The molecule has 5 nitrogen and oxygen atoms in total. The van der Waals surface area contributed by atoms with E-state index in [4.69, 9.17) is 14.5 Å². The van der Waals surface area contributed by atoms with Crippen LogP contribution in [0.15, 0.2) is 42.5 Å². The molecule has 0 unspecified atom stereocenters. The second kappa shape index (κ2) is 6.61. The molecular weight excluding hydrogens is 340 g/mol. The van der Waals surface area contributed by atoms with Gasteiger partial charge in [0.2, 0.25) is 12.7 Å². The average Bonchev–Trinajstić information content (AvgIpc) is 3.00. The van der Waals surface area contributed by atoms with E-state index in [1.165, 1.54) is 6.92 Å². The SMILES string of the molecule is CC(=O)Nc1cccc(-c2cc(C)c3cc4c(cc3n2)OCO4)c1.Cl. The van der Waals surface area contributed by atoms with Crippen LogP contribution in [-0.4, -0.2) is 17.7 Å². The number of aromatic nitrogens is 1. The lowest BCUT2D eigenvalue weighted by Gasteiger charge is -2.09. The summed E-state index contributed by atoms with van der Waals surface area (Å²) in [5.41, 5.74) is 4.53. The molecular formula is C19H17ClN2O3. The Morgan fingerprint density at radius 1 is 1.12 bits per heavy atom. The highest BCUT2D eigenvalue weighted by Crippen LogP contribution is 2.37. The molecule has 1 aliphatic heterocycles. The zero-order valence-electron chi connectivity index (χ0n) is 13.8. The minimum Gasteiger partial charge on any atom is -0.454 e. The summed E-state index contributed by atoms with van der Waals surface area (Å²) in [7, 11) is 0. The quantitative estimate of drug-likeness (QED) is 0.742. The average molecular weight is 357 g/mol. The molecule has 2 aromatic carbocycles. The fraction of sp³-hybridized carbons (Fsp3) is 0.158. The van der Waals surface area contributed by atoms with E-state index in [1.807, 2.05) is 49.4 Å². The van der Waals surface area contributed by atoms with Gasteiger partial charge in [-0.2, -0.15) is 0 Å². The smallest absolute Gasteiger partial charge is 0.231 e. The normalized spacial score (nSPS) is 11.9. The van der Waals surface area contributed by atoms with Crippen molar-refractivity contribution >= 4 is 34.9 Å². The van der Waals surface area contributed by atoms with Crippen LogP contribution in [0.5, 0.6) is 11.5 Å². The Labute approximate surface area is 151 Å². The van der Waals surface area contributed by atoms with Crippen molar-refractivity contribution in [2.75, 3.05) is 12.1 Å². The number of amides is 1. The fourth-order valence-corrected chi connectivity index (χ4v) is 2.89. The molecule has 0 saturated heterocycles. The molecule has 0 spiro atoms. The van der Waals surface area contributed by atoms with E-state index >= 15 is 0 Å². The standard InChI is InChI=1S/C19H16N2O3.ClH/c1-11-6-16(13-4-3-5-14(7-13)20-12(2)22)21-17-9-19-18(8-15(11)17)23-10-24-19;/h3-9H,10H2,1-2H3,(H,20,22);1H. The summed E-state index contributed by atoms with van der Waals surface area (Å²) in [6, 6.07) is 13.6. The number of anilines is 1. The number of hydrogen-bond acceptors (Lipinski definition) is 4. The molecule has 25 heavy (non-hydrogen) atoms. The van der Waals surface area contributed by atoms with Gasteiger partial charge in [0.25, 0.3) is 0 Å². The van der Waals surface area contributed by atoms with Gasteiger partial charge in [0.05, 0.1) is 11.2 Å². The van der Waals surface area contributed by atoms with Crippen LogP contribution in [0.4, 0.5) is 5.69 Å². The number of nitrogens with zero attached hydrogens (tertiary/aromatic N) is 1. The number of aryl methyl sites for hydroxylation is 1. The van der Waals surface area contributed by atoms with Crippen molar-refractivity contribution in [2.45, 2.75) is 13.8 Å². The van der Waals surface area contributed by atoms with Gasteiger partial charge in [-0.15, -0.1) is 12.4 Å². The lowest BCUT2D eigenvalue weighted by atomic mass is 10.0. The molecule has 0 atom stereocenters. The second-order valence-electron chi connectivity index (χ2n) is 5.81. The number of hydrogen-bond donors (Lipinski definition) is 1. The fourth-order valence-electron chi connectivity index (χ4n) is 2.89. The number of ether oxygens (including phenoxy) is 2. The largest absolute Gasteiger partial charge is 0.454 e. The molecule has 0 aliphatic carbocycles. The monoisotopic (exact) mass is 356 g/mol. The van der Waals surface area contributed by atoms with Gasteiger partial charge in [-0.05, 0) is 36.8 Å². The molecule has 2 heterocycles. The highest BCUT2D eigenvalue weighted by molar-refractivity contribution is 5.91. The Kier molecular flexibility index (Phi) is 4.51. The maximum atomic E-state index is 11.2. The minimum atomic E-state index is -0.0949. The van der Waals surface area contributed by atoms with Crippen LogP contribution in [0.3, 0.4) is 0 Å². The molecule has 1 aliphatic rings. The Morgan fingerprint density at radius 2 is 1.88 bits per heavy atom. The predicted octanol–water partition coefficient (Wildman–Crippen LogP) is 4.32. The van der Waals surface area contributed by atoms with E-state index in [2.05, 4.69) is 5.32 Å². The Bertz CT molecular complexity index is 972. The van der Waals surface area contributed by atoms with Gasteiger partial charge in [-0.3, -0.25) is 4.79 Å². The van der Waals surface area contributed by atoms with E-state index in [1.54, 1.807) is 0 Å². The summed E-state index contributed by atoms with van der Waals surface area (Å²) in [4.78, 5) is 16.0. The van der Waals surface area contributed by atoms with Gasteiger partial charge >= 0.3 is 0 Å². The molecule has 0 saturated carbocycles. The van der Waals surface area contributed by atoms with Gasteiger partial charge in [0, 0.05) is 29.6 Å². The summed E-state index contributed by atoms with van der Waals surface area (Å²) in [5, 5.41) is 3.84. The molecule has 1 N–H and O–H groups in total. The molecule has 3 aromatic rings. The van der Waals surface area contributed by atoms with Crippen LogP contribution in [0.25, 0.3) is 22.2 Å². The lowest BCUT2D eigenvalue weighted by Crippen LogP contribution is -2.05. The van der Waals surface area contributed by atoms with Crippen molar-refractivity contribution < 1.29 is 14.3 Å². The Hall–Kier alpha value is -2.79. The number of fused-ring (bicyclic) bond motifs is 2. The van der Waals surface area contributed by atoms with Crippen molar-refractivity contribution in [3.63, 3.8) is 0 Å². The Balaban J connectivity index is 0.00000182. The third-order valence-corrected chi connectivity index (χ3v) is 3.99. The van der Waals surface area contributed by atoms with Crippen molar-refractivity contribution in [1.29, 1.82) is 0 Å². The topological polar surface area (TPSA) is 60.5 Å². The Morgan fingerprint density at radius 3 is 2.64 bits per heavy atom. The summed E-state index contributed by atoms with van der Waals surface area (Å²) >= 11 is 0. The van der Waals surface area contributed by atoms with Crippen molar-refractivity contribution in [3.05, 3.63) is 48.0 Å². The van der Waals surface area contributed by atoms with Gasteiger partial charge < -0.3 is 14.8 Å². The van der Waals surface area contributed by atoms with E-state index < -0.39 is 0 Å². The van der Waals surface area contributed by atoms with Crippen molar-refractivity contribution in [2.24, 2.45) is 0 Å². The number of carbonyl (C=O) groups is 1. The number of pyridine rings is 1. The van der Waals surface area contributed by atoms with Crippen LogP contribution in [0.1, 0.15) is 12.5 Å². The van der Waals surface area contributed by atoms with Crippen LogP contribution in [-0.2, 0) is 4.79 Å². The zero-order valence-corrected chi connectivity index (χ0v) is 14.6. The van der Waals surface area contributed by atoms with Crippen LogP contribution >= 0.6 is 12.4 Å². The zero-order chi connectivity index (χ0) is 16.7. The second-order valence-corrected chi connectivity index (χ2v) is 5.81. The van der Waals surface area contributed by atoms with Crippen LogP contribution in [0.2, 0.25) is 0 Å². The number of benzene rings is 2. The summed E-state index contributed by atoms with van der Waals surface area (Å²) in [6.45, 7) is 3.79. The van der Waals surface area contributed by atoms with Crippen LogP contribution < -0.4 is 14.8 Å². The van der Waals surface area contributed by atoms with Gasteiger partial charge in [-0.1, -0.05) is 12.1 Å². The first-order chi connectivity index (χ1) is 11.6. The third kappa shape index (κ3) is 3.23. The third-order valence-electron chi connectivity index (χ3n) is 3.99. The number of carbonyl (C=O) groups excluding carboxylic acids is 1. The molecule has 1 aromatic heterocycles. The van der Waals surface area contributed by atoms with Gasteiger partial charge in [0.15, 0.2) is 11.5 Å². The number of halogens is 1. The van der Waals surface area contributed by atoms with E-state index in [9.17, 15) is 4.79 Å². The summed E-state index contributed by atoms with van der Waals surface area (Å²) in [6.07, 6.45) is 0. The molecule has 0 fully saturated rings. The van der Waals surface area contributed by atoms with Crippen LogP contribution in [0, 0.1) is 6.92 Å². The summed E-state index contributed by atoms with van der Waals surface area (Å²) < 4.78 is 10.9. The highest BCUT2D eigenvalue weighted by atomic mass is 35.5. The van der Waals surface area contributed by atoms with Crippen molar-refractivity contribution in [3.8, 4) is 22.8 Å². The molecule has 0 bridgehead atoms. The minimum absolute atomic E-state index is 0. The maximum Gasteiger partial charge on any atom is 0.231 e. The van der Waals surface area contributed by atoms with E-state index in [0.717, 1.165) is 44.9 Å². The summed E-state index contributed by atoms with van der Waals surface area (Å²) in [5.74, 6) is 1.38. The maximum absolute atomic E-state index is 11.2. The first-order valence-corrected chi connectivity index (χ1v) is 7.69. The van der Waals surface area contributed by atoms with E-state index in [-0.39, 0.29) is 25.1 Å². The first-order valence-electron chi connectivity index (χ1n) is 7.69. The van der Waals surface area contributed by atoms with Gasteiger partial charge in [-0.25, -0.2) is 4.98 Å². The number of nitrogens with one attached hydrogen (secondary N) is 1. The van der Waals surface area contributed by atoms with E-state index in [0.29, 0.717) is 0 Å². The first kappa shape index (κ1) is 17.0. The highest BCUT2D eigenvalue weighted by Gasteiger charge is 2.16. The van der Waals surface area contributed by atoms with Crippen molar-refractivity contribution in [1.82, 2.24) is 4.98 Å². The molecule has 4 rings (SSSR count). The molecule has 128 valence electrons. The molecule has 0 radical (unpaired) electrons. The molecule has 1 amide bonds. The van der Waals surface area contributed by atoms with Gasteiger partial charge in [0.1, 0.15) is 0 Å². The molecule has 6 heteroatoms. The predicted molar refractivity (Wildman–Crippen MR) is 99.6 cm³/mol.